The molecule has 1 aromatic heterocycles. The molecule has 0 aliphatic heterocycles. The van der Waals surface area contributed by atoms with Crippen molar-refractivity contribution in [2.45, 2.75) is 6.92 Å². The predicted octanol–water partition coefficient (Wildman–Crippen LogP) is 4.88. The first-order chi connectivity index (χ1) is 17.9. The molecule has 37 heavy (non-hydrogen) atoms. The summed E-state index contributed by atoms with van der Waals surface area (Å²) >= 11 is 0. The van der Waals surface area contributed by atoms with Crippen LogP contribution in [0.15, 0.2) is 69.9 Å². The lowest BCUT2D eigenvalue weighted by Crippen LogP contribution is -2.15. The zero-order chi connectivity index (χ0) is 26.5. The molecule has 0 spiro atoms. The minimum Gasteiger partial charge on any atom is -0.497 e. The molecular formula is C28H24O9. The first-order valence-corrected chi connectivity index (χ1v) is 11.3. The highest BCUT2D eigenvalue weighted by atomic mass is 16.5. The van der Waals surface area contributed by atoms with Crippen LogP contribution in [0.2, 0.25) is 0 Å². The van der Waals surface area contributed by atoms with Gasteiger partial charge >= 0.3 is 11.9 Å². The average Bonchev–Trinajstić information content (AvgIpc) is 2.92. The van der Waals surface area contributed by atoms with E-state index in [-0.39, 0.29) is 40.2 Å². The third-order valence-electron chi connectivity index (χ3n) is 5.51. The summed E-state index contributed by atoms with van der Waals surface area (Å²) in [6.07, 6.45) is 0. The van der Waals surface area contributed by atoms with Gasteiger partial charge in [-0.25, -0.2) is 9.59 Å². The monoisotopic (exact) mass is 504 g/mol. The van der Waals surface area contributed by atoms with Crippen LogP contribution in [0.3, 0.4) is 0 Å². The molecule has 0 saturated carbocycles. The zero-order valence-electron chi connectivity index (χ0n) is 20.7. The van der Waals surface area contributed by atoms with Crippen molar-refractivity contribution in [1.82, 2.24) is 0 Å². The van der Waals surface area contributed by atoms with Crippen molar-refractivity contribution in [3.63, 3.8) is 0 Å². The molecular weight excluding hydrogens is 480 g/mol. The topological polar surface area (TPSA) is 111 Å². The van der Waals surface area contributed by atoms with Gasteiger partial charge in [-0.2, -0.15) is 0 Å². The van der Waals surface area contributed by atoms with Crippen LogP contribution in [0, 0.1) is 0 Å². The molecule has 0 N–H and O–H groups in total. The maximum Gasteiger partial charge on any atom is 0.375 e. The van der Waals surface area contributed by atoms with Crippen LogP contribution in [0.1, 0.15) is 27.8 Å². The summed E-state index contributed by atoms with van der Waals surface area (Å²) in [4.78, 5) is 39.0. The highest BCUT2D eigenvalue weighted by Crippen LogP contribution is 2.34. The first-order valence-electron chi connectivity index (χ1n) is 11.3. The van der Waals surface area contributed by atoms with Crippen LogP contribution in [0.5, 0.6) is 23.0 Å². The third kappa shape index (κ3) is 5.11. The molecule has 190 valence electrons. The van der Waals surface area contributed by atoms with Crippen molar-refractivity contribution in [1.29, 1.82) is 0 Å². The fraction of sp³-hybridized carbons (Fsp3) is 0.179. The number of rotatable bonds is 8. The maximum atomic E-state index is 13.6. The Morgan fingerprint density at radius 3 is 2.30 bits per heavy atom. The molecule has 0 atom stereocenters. The van der Waals surface area contributed by atoms with Gasteiger partial charge in [0.05, 0.1) is 44.4 Å². The summed E-state index contributed by atoms with van der Waals surface area (Å²) in [5.41, 5.74) is 0.241. The van der Waals surface area contributed by atoms with Crippen LogP contribution >= 0.6 is 0 Å². The summed E-state index contributed by atoms with van der Waals surface area (Å²) < 4.78 is 32.2. The van der Waals surface area contributed by atoms with Gasteiger partial charge in [-0.05, 0) is 55.0 Å². The molecule has 0 fully saturated rings. The second kappa shape index (κ2) is 10.9. The molecule has 4 rings (SSSR count). The Morgan fingerprint density at radius 1 is 0.811 bits per heavy atom. The normalized spacial score (nSPS) is 10.6. The molecule has 0 saturated heterocycles. The predicted molar refractivity (Wildman–Crippen MR) is 135 cm³/mol. The van der Waals surface area contributed by atoms with Crippen molar-refractivity contribution in [2.24, 2.45) is 0 Å². The number of benzene rings is 3. The highest BCUT2D eigenvalue weighted by Gasteiger charge is 2.24. The minimum atomic E-state index is -0.815. The van der Waals surface area contributed by atoms with Crippen molar-refractivity contribution in [3.05, 3.63) is 82.2 Å². The number of hydrogen-bond acceptors (Lipinski definition) is 9. The molecule has 0 aliphatic carbocycles. The Kier molecular flexibility index (Phi) is 7.43. The maximum absolute atomic E-state index is 13.6. The van der Waals surface area contributed by atoms with E-state index in [0.717, 1.165) is 0 Å². The lowest BCUT2D eigenvalue weighted by atomic mass is 10.0. The van der Waals surface area contributed by atoms with Gasteiger partial charge in [-0.1, -0.05) is 12.1 Å². The molecule has 0 amide bonds. The van der Waals surface area contributed by atoms with Gasteiger partial charge in [-0.15, -0.1) is 0 Å². The number of hydrogen-bond donors (Lipinski definition) is 0. The fourth-order valence-corrected chi connectivity index (χ4v) is 3.75. The van der Waals surface area contributed by atoms with Gasteiger partial charge in [0, 0.05) is 6.07 Å². The van der Waals surface area contributed by atoms with E-state index in [1.807, 2.05) is 0 Å². The largest absolute Gasteiger partial charge is 0.497 e. The number of carbonyl (C=O) groups is 2. The molecule has 0 bridgehead atoms. The lowest BCUT2D eigenvalue weighted by Gasteiger charge is -2.13. The SMILES string of the molecule is CCOC(=O)c1oc2cc(OC(=O)c3cccc(OC)c3)ccc2c(=O)c1-c1ccc(OC)c(OC)c1. The zero-order valence-corrected chi connectivity index (χ0v) is 20.7. The van der Waals surface area contributed by atoms with Crippen molar-refractivity contribution in [2.75, 3.05) is 27.9 Å². The van der Waals surface area contributed by atoms with E-state index in [4.69, 9.17) is 28.1 Å². The van der Waals surface area contributed by atoms with Gasteiger partial charge in [0.25, 0.3) is 0 Å². The Morgan fingerprint density at radius 2 is 1.59 bits per heavy atom. The second-order valence-electron chi connectivity index (χ2n) is 7.70. The lowest BCUT2D eigenvalue weighted by molar-refractivity contribution is 0.0491. The molecule has 9 nitrogen and oxygen atoms in total. The molecule has 1 heterocycles. The van der Waals surface area contributed by atoms with Gasteiger partial charge < -0.3 is 28.1 Å². The Labute approximate surface area is 212 Å². The highest BCUT2D eigenvalue weighted by molar-refractivity contribution is 5.98. The van der Waals surface area contributed by atoms with Crippen LogP contribution in [-0.2, 0) is 4.74 Å². The fourth-order valence-electron chi connectivity index (χ4n) is 3.75. The van der Waals surface area contributed by atoms with E-state index in [1.165, 1.54) is 45.6 Å². The third-order valence-corrected chi connectivity index (χ3v) is 5.51. The molecule has 3 aromatic carbocycles. The molecule has 9 heteroatoms. The van der Waals surface area contributed by atoms with Crippen molar-refractivity contribution in [3.8, 4) is 34.1 Å². The van der Waals surface area contributed by atoms with Gasteiger partial charge in [0.1, 0.15) is 17.1 Å². The summed E-state index contributed by atoms with van der Waals surface area (Å²) in [6, 6.07) is 15.6. The van der Waals surface area contributed by atoms with Crippen LogP contribution in [0.4, 0.5) is 0 Å². The van der Waals surface area contributed by atoms with E-state index in [2.05, 4.69) is 0 Å². The number of esters is 2. The van der Waals surface area contributed by atoms with Crippen molar-refractivity contribution < 1.29 is 37.7 Å². The van der Waals surface area contributed by atoms with E-state index < -0.39 is 17.4 Å². The van der Waals surface area contributed by atoms with Crippen molar-refractivity contribution >= 4 is 22.9 Å². The van der Waals surface area contributed by atoms with E-state index in [0.29, 0.717) is 22.8 Å². The summed E-state index contributed by atoms with van der Waals surface area (Å²) in [6.45, 7) is 1.72. The van der Waals surface area contributed by atoms with Crippen LogP contribution in [-0.4, -0.2) is 39.9 Å². The number of carbonyl (C=O) groups excluding carboxylic acids is 2. The average molecular weight is 504 g/mol. The van der Waals surface area contributed by atoms with Gasteiger partial charge in [-0.3, -0.25) is 4.79 Å². The standard InChI is InChI=1S/C28H24O9/c1-5-35-28(31)26-24(16-9-12-21(33-3)23(14-16)34-4)25(29)20-11-10-19(15-22(20)37-26)36-27(30)17-7-6-8-18(13-17)32-2/h6-15H,5H2,1-4H3. The smallest absolute Gasteiger partial charge is 0.375 e. The molecule has 0 unspecified atom stereocenters. The number of fused-ring (bicyclic) bond motifs is 1. The molecule has 0 radical (unpaired) electrons. The first kappa shape index (κ1) is 25.3. The van der Waals surface area contributed by atoms with Gasteiger partial charge in [0.2, 0.25) is 11.2 Å². The van der Waals surface area contributed by atoms with E-state index in [9.17, 15) is 14.4 Å². The Bertz CT molecular complexity index is 1530. The van der Waals surface area contributed by atoms with E-state index in [1.54, 1.807) is 43.3 Å². The summed E-state index contributed by atoms with van der Waals surface area (Å²) in [5.74, 6) is -0.287. The summed E-state index contributed by atoms with van der Waals surface area (Å²) in [5, 5.41) is 0.180. The quantitative estimate of drug-likeness (QED) is 0.245. The number of methoxy groups -OCH3 is 3. The Hall–Kier alpha value is -4.79. The van der Waals surface area contributed by atoms with Crippen LogP contribution in [0.25, 0.3) is 22.1 Å². The summed E-state index contributed by atoms with van der Waals surface area (Å²) in [7, 11) is 4.45. The minimum absolute atomic E-state index is 0.00743. The molecule has 4 aromatic rings. The Balaban J connectivity index is 1.81. The van der Waals surface area contributed by atoms with Crippen LogP contribution < -0.4 is 24.4 Å². The molecule has 0 aliphatic rings. The van der Waals surface area contributed by atoms with E-state index >= 15 is 0 Å². The van der Waals surface area contributed by atoms with Gasteiger partial charge in [0.15, 0.2) is 11.5 Å². The second-order valence-corrected chi connectivity index (χ2v) is 7.70. The number of ether oxygens (including phenoxy) is 5.